The molecule has 6 nitrogen and oxygen atoms in total. The van der Waals surface area contributed by atoms with Crippen LogP contribution in [0.2, 0.25) is 0 Å². The van der Waals surface area contributed by atoms with Crippen LogP contribution in [0.5, 0.6) is 0 Å². The summed E-state index contributed by atoms with van der Waals surface area (Å²) in [6.07, 6.45) is 4.26. The van der Waals surface area contributed by atoms with Gasteiger partial charge in [0, 0.05) is 19.3 Å². The summed E-state index contributed by atoms with van der Waals surface area (Å²) in [5, 5.41) is 3.20. The Morgan fingerprint density at radius 2 is 2.08 bits per heavy atom. The number of aryl methyl sites for hydroxylation is 1. The van der Waals surface area contributed by atoms with Crippen molar-refractivity contribution in [2.45, 2.75) is 27.2 Å². The number of aromatic nitrogens is 2. The molecule has 1 saturated heterocycles. The molecule has 0 atom stereocenters. The molecule has 1 amide bonds. The number of nitrogens with zero attached hydrogens (tertiary/aromatic N) is 3. The van der Waals surface area contributed by atoms with E-state index in [0.29, 0.717) is 39.3 Å². The molecule has 0 saturated carbocycles. The number of likely N-dealkylation sites (N-methyl/N-ethyl adjacent to an activating group) is 1. The van der Waals surface area contributed by atoms with Gasteiger partial charge in [0.25, 0.3) is 11.5 Å². The maximum absolute atomic E-state index is 13.1. The van der Waals surface area contributed by atoms with Crippen molar-refractivity contribution in [3.05, 3.63) is 44.7 Å². The second-order valence-corrected chi connectivity index (χ2v) is 7.64. The molecule has 0 bridgehead atoms. The van der Waals surface area contributed by atoms with E-state index in [-0.39, 0.29) is 11.5 Å². The number of hydrogen-bond donors (Lipinski definition) is 1. The van der Waals surface area contributed by atoms with Crippen LogP contribution in [0.25, 0.3) is 11.7 Å². The first-order valence-electron chi connectivity index (χ1n) is 8.48. The van der Waals surface area contributed by atoms with Gasteiger partial charge in [-0.15, -0.1) is 0 Å². The van der Waals surface area contributed by atoms with Crippen LogP contribution in [-0.2, 0) is 4.79 Å². The van der Waals surface area contributed by atoms with Gasteiger partial charge in [0.05, 0.1) is 10.5 Å². The van der Waals surface area contributed by atoms with Crippen LogP contribution >= 0.6 is 24.0 Å². The number of rotatable bonds is 5. The summed E-state index contributed by atoms with van der Waals surface area (Å²) >= 11 is 6.47. The summed E-state index contributed by atoms with van der Waals surface area (Å²) in [6, 6.07) is 3.73. The van der Waals surface area contributed by atoms with Gasteiger partial charge in [-0.3, -0.25) is 18.9 Å². The number of thioether (sulfide) groups is 1. The van der Waals surface area contributed by atoms with Gasteiger partial charge in [0.15, 0.2) is 0 Å². The highest BCUT2D eigenvalue weighted by atomic mass is 32.2. The number of nitrogens with one attached hydrogen (secondary N) is 1. The Morgan fingerprint density at radius 3 is 2.73 bits per heavy atom. The molecule has 0 aromatic carbocycles. The Bertz CT molecular complexity index is 981. The van der Waals surface area contributed by atoms with Gasteiger partial charge >= 0.3 is 0 Å². The molecule has 1 aliphatic heterocycles. The third kappa shape index (κ3) is 3.39. The van der Waals surface area contributed by atoms with Crippen LogP contribution in [0.3, 0.4) is 0 Å². The van der Waals surface area contributed by atoms with Gasteiger partial charge in [-0.05, 0) is 38.0 Å². The standard InChI is InChI=1S/C18H20N4O2S2/c1-4-8-19-15-12(9-13-17(24)21(5-2)18(25)26-13)16(23)22-10-11(3)6-7-14(22)20-15/h6-7,9-10,19H,4-5,8H2,1-3H3. The minimum atomic E-state index is -0.209. The van der Waals surface area contributed by atoms with Crippen LogP contribution in [0.15, 0.2) is 28.0 Å². The number of pyridine rings is 1. The van der Waals surface area contributed by atoms with Crippen molar-refractivity contribution in [1.29, 1.82) is 0 Å². The minimum Gasteiger partial charge on any atom is -0.369 e. The van der Waals surface area contributed by atoms with Crippen LogP contribution in [-0.4, -0.2) is 37.6 Å². The molecule has 0 spiro atoms. The van der Waals surface area contributed by atoms with Crippen molar-refractivity contribution in [2.75, 3.05) is 18.4 Å². The van der Waals surface area contributed by atoms with Crippen molar-refractivity contribution in [1.82, 2.24) is 14.3 Å². The molecular formula is C18H20N4O2S2. The highest BCUT2D eigenvalue weighted by Gasteiger charge is 2.31. The first-order valence-corrected chi connectivity index (χ1v) is 9.71. The summed E-state index contributed by atoms with van der Waals surface area (Å²) < 4.78 is 2.02. The van der Waals surface area contributed by atoms with Crippen LogP contribution in [0.1, 0.15) is 31.4 Å². The largest absolute Gasteiger partial charge is 0.369 e. The quantitative estimate of drug-likeness (QED) is 0.627. The van der Waals surface area contributed by atoms with Crippen LogP contribution in [0.4, 0.5) is 5.82 Å². The lowest BCUT2D eigenvalue weighted by molar-refractivity contribution is -0.121. The molecule has 8 heteroatoms. The maximum Gasteiger partial charge on any atom is 0.267 e. The monoisotopic (exact) mass is 388 g/mol. The van der Waals surface area contributed by atoms with Gasteiger partial charge in [-0.2, -0.15) is 0 Å². The van der Waals surface area contributed by atoms with Gasteiger partial charge in [-0.1, -0.05) is 37.0 Å². The molecule has 1 N–H and O–H groups in total. The Balaban J connectivity index is 2.18. The number of amides is 1. The van der Waals surface area contributed by atoms with E-state index in [9.17, 15) is 9.59 Å². The van der Waals surface area contributed by atoms with E-state index >= 15 is 0 Å². The average Bonchev–Trinajstić information content (AvgIpc) is 2.89. The van der Waals surface area contributed by atoms with E-state index in [2.05, 4.69) is 10.3 Å². The lowest BCUT2D eigenvalue weighted by atomic mass is 10.2. The number of fused-ring (bicyclic) bond motifs is 1. The molecule has 2 aromatic rings. The van der Waals surface area contributed by atoms with Crippen molar-refractivity contribution < 1.29 is 4.79 Å². The first-order chi connectivity index (χ1) is 12.5. The third-order valence-corrected chi connectivity index (χ3v) is 5.39. The molecular weight excluding hydrogens is 368 g/mol. The van der Waals surface area contributed by atoms with Gasteiger partial charge in [0.1, 0.15) is 15.8 Å². The highest BCUT2D eigenvalue weighted by Crippen LogP contribution is 2.32. The summed E-state index contributed by atoms with van der Waals surface area (Å²) in [6.45, 7) is 7.02. The molecule has 2 aromatic heterocycles. The summed E-state index contributed by atoms with van der Waals surface area (Å²) in [7, 11) is 0. The van der Waals surface area contributed by atoms with Crippen molar-refractivity contribution in [3.8, 4) is 0 Å². The van der Waals surface area contributed by atoms with Crippen molar-refractivity contribution >= 4 is 51.7 Å². The first kappa shape index (κ1) is 18.6. The fourth-order valence-corrected chi connectivity index (χ4v) is 4.04. The van der Waals surface area contributed by atoms with Crippen LogP contribution in [0, 0.1) is 6.92 Å². The summed E-state index contributed by atoms with van der Waals surface area (Å²) in [5.74, 6) is 0.320. The van der Waals surface area contributed by atoms with E-state index in [1.807, 2.05) is 32.9 Å². The lowest BCUT2D eigenvalue weighted by Crippen LogP contribution is -2.27. The van der Waals surface area contributed by atoms with Crippen LogP contribution < -0.4 is 10.9 Å². The maximum atomic E-state index is 13.1. The summed E-state index contributed by atoms with van der Waals surface area (Å²) in [4.78, 5) is 32.1. The fraction of sp³-hybridized carbons (Fsp3) is 0.333. The second kappa shape index (κ2) is 7.59. The zero-order chi connectivity index (χ0) is 18.8. The lowest BCUT2D eigenvalue weighted by Gasteiger charge is -2.11. The second-order valence-electron chi connectivity index (χ2n) is 5.97. The fourth-order valence-electron chi connectivity index (χ4n) is 2.67. The molecule has 1 fully saturated rings. The SMILES string of the molecule is CCCNc1nc2ccc(C)cn2c(=O)c1C=C1SC(=S)N(CC)C1=O. The normalized spacial score (nSPS) is 16.1. The molecule has 3 heterocycles. The number of carbonyl (C=O) groups is 1. The number of carbonyl (C=O) groups excluding carboxylic acids is 1. The third-order valence-electron chi connectivity index (χ3n) is 4.01. The van der Waals surface area contributed by atoms with E-state index < -0.39 is 0 Å². The Morgan fingerprint density at radius 1 is 1.31 bits per heavy atom. The number of thiocarbonyl (C=S) groups is 1. The van der Waals surface area contributed by atoms with Gasteiger partial charge < -0.3 is 5.32 Å². The van der Waals surface area contributed by atoms with E-state index in [1.54, 1.807) is 12.3 Å². The van der Waals surface area contributed by atoms with E-state index in [0.717, 1.165) is 12.0 Å². The predicted octanol–water partition coefficient (Wildman–Crippen LogP) is 3.05. The molecule has 3 rings (SSSR count). The average molecular weight is 389 g/mol. The Kier molecular flexibility index (Phi) is 5.43. The minimum absolute atomic E-state index is 0.169. The molecule has 0 unspecified atom stereocenters. The molecule has 136 valence electrons. The molecule has 26 heavy (non-hydrogen) atoms. The number of hydrogen-bond acceptors (Lipinski definition) is 6. The Hall–Kier alpha value is -2.19. The molecule has 0 aliphatic carbocycles. The topological polar surface area (TPSA) is 66.7 Å². The predicted molar refractivity (Wildman–Crippen MR) is 111 cm³/mol. The Labute approximate surface area is 161 Å². The smallest absolute Gasteiger partial charge is 0.267 e. The van der Waals surface area contributed by atoms with E-state index in [1.165, 1.54) is 21.1 Å². The zero-order valence-corrected chi connectivity index (χ0v) is 16.5. The van der Waals surface area contributed by atoms with Crippen molar-refractivity contribution in [3.63, 3.8) is 0 Å². The zero-order valence-electron chi connectivity index (χ0n) is 14.9. The van der Waals surface area contributed by atoms with Crippen molar-refractivity contribution in [2.24, 2.45) is 0 Å². The van der Waals surface area contributed by atoms with Gasteiger partial charge in [-0.25, -0.2) is 4.98 Å². The summed E-state index contributed by atoms with van der Waals surface area (Å²) in [5.41, 5.74) is 1.69. The van der Waals surface area contributed by atoms with Gasteiger partial charge in [0.2, 0.25) is 0 Å². The highest BCUT2D eigenvalue weighted by molar-refractivity contribution is 8.26. The van der Waals surface area contributed by atoms with E-state index in [4.69, 9.17) is 12.2 Å². The number of anilines is 1. The molecule has 0 radical (unpaired) electrons. The molecule has 1 aliphatic rings.